The van der Waals surface area contributed by atoms with E-state index in [9.17, 15) is 24.3 Å². The van der Waals surface area contributed by atoms with Crippen LogP contribution in [-0.2, 0) is 17.8 Å². The van der Waals surface area contributed by atoms with E-state index in [0.29, 0.717) is 23.5 Å². The molecule has 0 spiro atoms. The van der Waals surface area contributed by atoms with Gasteiger partial charge in [0.05, 0.1) is 22.9 Å². The van der Waals surface area contributed by atoms with E-state index in [4.69, 9.17) is 0 Å². The molecule has 2 atom stereocenters. The van der Waals surface area contributed by atoms with Crippen molar-refractivity contribution in [2.45, 2.75) is 51.0 Å². The average molecular weight is 505 g/mol. The van der Waals surface area contributed by atoms with Crippen LogP contribution in [0.2, 0.25) is 0 Å². The van der Waals surface area contributed by atoms with E-state index >= 15 is 0 Å². The van der Waals surface area contributed by atoms with Gasteiger partial charge in [0.25, 0.3) is 0 Å². The van der Waals surface area contributed by atoms with Gasteiger partial charge in [0.2, 0.25) is 0 Å². The van der Waals surface area contributed by atoms with Gasteiger partial charge in [-0.1, -0.05) is 49.4 Å². The Morgan fingerprint density at radius 1 is 1.11 bits per heavy atom. The minimum atomic E-state index is -3.18. The van der Waals surface area contributed by atoms with E-state index < -0.39 is 22.7 Å². The second kappa shape index (κ2) is 10.5. The van der Waals surface area contributed by atoms with Crippen LogP contribution in [0.5, 0.6) is 0 Å². The first kappa shape index (κ1) is 25.9. The number of nitrogens with zero attached hydrogens (tertiary/aromatic N) is 2. The Labute approximate surface area is 214 Å². The van der Waals surface area contributed by atoms with E-state index in [1.807, 2.05) is 56.3 Å². The minimum absolute atomic E-state index is 0.0848. The van der Waals surface area contributed by atoms with E-state index in [-0.39, 0.29) is 12.3 Å². The number of carbonyl (C=O) groups is 1. The molecule has 0 saturated heterocycles. The van der Waals surface area contributed by atoms with Crippen molar-refractivity contribution in [3.8, 4) is 6.07 Å². The molecular formula is C29H32N2O4S. The van der Waals surface area contributed by atoms with Crippen LogP contribution in [0.4, 0.5) is 0 Å². The topological polar surface area (TPSA) is 105 Å². The molecule has 0 fully saturated rings. The van der Waals surface area contributed by atoms with Crippen molar-refractivity contribution < 1.29 is 19.0 Å². The summed E-state index contributed by atoms with van der Waals surface area (Å²) in [6.07, 6.45) is 0.693. The fourth-order valence-corrected chi connectivity index (χ4v) is 6.94. The Morgan fingerprint density at radius 3 is 2.56 bits per heavy atom. The highest BCUT2D eigenvalue weighted by Gasteiger charge is 2.33. The number of fused-ring (bicyclic) bond motifs is 1. The second-order valence-corrected chi connectivity index (χ2v) is 11.8. The molecule has 6 nitrogen and oxygen atoms in total. The van der Waals surface area contributed by atoms with Gasteiger partial charge in [-0.15, -0.1) is 10.8 Å². The van der Waals surface area contributed by atoms with Gasteiger partial charge < -0.3 is 5.11 Å². The second-order valence-electron chi connectivity index (χ2n) is 9.78. The lowest BCUT2D eigenvalue weighted by Crippen LogP contribution is -2.30. The summed E-state index contributed by atoms with van der Waals surface area (Å²) in [6.45, 7) is 6.87. The van der Waals surface area contributed by atoms with Crippen molar-refractivity contribution in [1.82, 2.24) is 4.31 Å². The van der Waals surface area contributed by atoms with Gasteiger partial charge in [-0.3, -0.25) is 13.9 Å². The number of carboxylic acid groups (broad SMARTS) is 1. The molecular weight excluding hydrogens is 472 g/mol. The number of benzene rings is 3. The van der Waals surface area contributed by atoms with Crippen molar-refractivity contribution >= 4 is 16.7 Å². The normalized spacial score (nSPS) is 18.9. The van der Waals surface area contributed by atoms with Gasteiger partial charge in [0.15, 0.2) is 0 Å². The monoisotopic (exact) mass is 504 g/mol. The summed E-state index contributed by atoms with van der Waals surface area (Å²) in [6, 6.07) is 20.9. The van der Waals surface area contributed by atoms with Gasteiger partial charge in [-0.2, -0.15) is 9.57 Å². The number of aryl methyl sites for hydroxylation is 2. The largest absolute Gasteiger partial charge is 0.481 e. The van der Waals surface area contributed by atoms with Crippen molar-refractivity contribution in [2.75, 3.05) is 6.54 Å². The Bertz CT molecular complexity index is 1330. The van der Waals surface area contributed by atoms with Gasteiger partial charge in [-0.05, 0) is 77.8 Å². The zero-order valence-electron chi connectivity index (χ0n) is 20.8. The van der Waals surface area contributed by atoms with Crippen LogP contribution in [0.15, 0.2) is 65.6 Å². The predicted molar refractivity (Wildman–Crippen MR) is 142 cm³/mol. The average Bonchev–Trinajstić information content (AvgIpc) is 2.92. The van der Waals surface area contributed by atoms with Crippen LogP contribution in [0.1, 0.15) is 58.2 Å². The van der Waals surface area contributed by atoms with E-state index in [1.165, 1.54) is 0 Å². The molecule has 1 heterocycles. The molecule has 36 heavy (non-hydrogen) atoms. The quantitative estimate of drug-likeness (QED) is 0.354. The highest BCUT2D eigenvalue weighted by atomic mass is 32.3. The number of aliphatic carboxylic acids is 1. The lowest BCUT2D eigenvalue weighted by Gasteiger charge is -2.43. The number of rotatable bonds is 6. The summed E-state index contributed by atoms with van der Waals surface area (Å²) in [5, 5.41) is 18.9. The summed E-state index contributed by atoms with van der Waals surface area (Å²) < 4.78 is 24.5. The number of nitriles is 1. The molecule has 0 saturated carbocycles. The van der Waals surface area contributed by atoms with Crippen LogP contribution < -0.4 is 0 Å². The molecule has 3 aromatic carbocycles. The summed E-state index contributed by atoms with van der Waals surface area (Å²) in [4.78, 5) is 12.4. The van der Waals surface area contributed by atoms with E-state index in [2.05, 4.69) is 13.0 Å². The Balaban J connectivity index is 1.73. The third-order valence-electron chi connectivity index (χ3n) is 6.99. The summed E-state index contributed by atoms with van der Waals surface area (Å²) in [5.74, 6) is -1.05. The van der Waals surface area contributed by atoms with Gasteiger partial charge in [0.1, 0.15) is 0 Å². The number of carboxylic acids is 1. The molecule has 3 N–H and O–H groups in total. The van der Waals surface area contributed by atoms with Crippen molar-refractivity contribution in [3.05, 3.63) is 99.6 Å². The molecule has 0 aromatic heterocycles. The third kappa shape index (κ3) is 5.32. The molecule has 0 amide bonds. The number of hydrogen-bond donors (Lipinski definition) is 3. The molecule has 1 aliphatic rings. The molecule has 2 unspecified atom stereocenters. The third-order valence-corrected chi connectivity index (χ3v) is 8.97. The first-order chi connectivity index (χ1) is 17.1. The molecule has 4 rings (SSSR count). The molecule has 7 heteroatoms. The first-order valence-corrected chi connectivity index (χ1v) is 13.5. The first-order valence-electron chi connectivity index (χ1n) is 12.0. The van der Waals surface area contributed by atoms with Gasteiger partial charge in [-0.25, -0.2) is 0 Å². The maximum Gasteiger partial charge on any atom is 0.304 e. The Hall–Kier alpha value is -3.15. The lowest BCUT2D eigenvalue weighted by molar-refractivity contribution is -0.137. The van der Waals surface area contributed by atoms with Crippen LogP contribution in [0, 0.1) is 31.1 Å². The maximum atomic E-state index is 11.8. The van der Waals surface area contributed by atoms with Gasteiger partial charge >= 0.3 is 5.97 Å². The highest BCUT2D eigenvalue weighted by Crippen LogP contribution is 2.55. The Morgan fingerprint density at radius 2 is 1.86 bits per heavy atom. The SMILES string of the molecule is Cc1ccc(C(CC(=O)O)c2ccc(C#N)cc2C)cc1CN1CC(C)Cc2ccccc2S1(O)O. The molecule has 0 radical (unpaired) electrons. The zero-order chi connectivity index (χ0) is 26.0. The predicted octanol–water partition coefficient (Wildman–Crippen LogP) is 6.50. The lowest BCUT2D eigenvalue weighted by atomic mass is 9.84. The van der Waals surface area contributed by atoms with Crippen LogP contribution in [0.25, 0.3) is 0 Å². The fourth-order valence-electron chi connectivity index (χ4n) is 5.11. The van der Waals surface area contributed by atoms with Crippen molar-refractivity contribution in [3.63, 3.8) is 0 Å². The standard InChI is InChI=1S/C29H32N2O4S/c1-19-12-24-6-4-5-7-28(24)36(34,35)31(17-19)18-25-14-23(10-8-20(25)2)27(15-29(32)33)26-11-9-22(16-30)13-21(26)3/h4-11,13-14,19,27,34-35H,12,15,17-18H2,1-3H3,(H,32,33). The minimum Gasteiger partial charge on any atom is -0.481 e. The molecule has 188 valence electrons. The number of hydrogen-bond acceptors (Lipinski definition) is 5. The van der Waals surface area contributed by atoms with Crippen LogP contribution in [-0.4, -0.2) is 31.0 Å². The fraction of sp³-hybridized carbons (Fsp3) is 0.310. The van der Waals surface area contributed by atoms with Crippen molar-refractivity contribution in [2.24, 2.45) is 5.92 Å². The maximum absolute atomic E-state index is 11.8. The van der Waals surface area contributed by atoms with Gasteiger partial charge in [0, 0.05) is 19.0 Å². The summed E-state index contributed by atoms with van der Waals surface area (Å²) >= 11 is 0. The molecule has 0 aliphatic carbocycles. The van der Waals surface area contributed by atoms with Crippen molar-refractivity contribution in [1.29, 1.82) is 5.26 Å². The summed E-state index contributed by atoms with van der Waals surface area (Å²) in [7, 11) is -3.18. The molecule has 0 bridgehead atoms. The summed E-state index contributed by atoms with van der Waals surface area (Å²) in [5.41, 5.74) is 6.03. The highest BCUT2D eigenvalue weighted by molar-refractivity contribution is 8.22. The van der Waals surface area contributed by atoms with Crippen LogP contribution >= 0.6 is 10.8 Å². The van der Waals surface area contributed by atoms with E-state index in [0.717, 1.165) is 39.8 Å². The molecule has 1 aliphatic heterocycles. The zero-order valence-corrected chi connectivity index (χ0v) is 21.6. The van der Waals surface area contributed by atoms with E-state index in [1.54, 1.807) is 22.5 Å². The van der Waals surface area contributed by atoms with Crippen LogP contribution in [0.3, 0.4) is 0 Å². The molecule has 3 aromatic rings. The Kier molecular flexibility index (Phi) is 7.53. The smallest absolute Gasteiger partial charge is 0.304 e.